The van der Waals surface area contributed by atoms with E-state index in [1.807, 2.05) is 0 Å². The maximum atomic E-state index is 2.94. The third kappa shape index (κ3) is 6.70. The number of aryl methyl sites for hydroxylation is 1. The maximum Gasteiger partial charge on any atom is 0.0545 e. The predicted molar refractivity (Wildman–Crippen MR) is 272 cm³/mol. The van der Waals surface area contributed by atoms with E-state index in [1.165, 1.54) is 81.6 Å². The zero-order valence-electron chi connectivity index (χ0n) is 40.1. The van der Waals surface area contributed by atoms with Gasteiger partial charge in [0.1, 0.15) is 0 Å². The molecule has 2 aromatic carbocycles. The average Bonchev–Trinajstić information content (AvgIpc) is 3.78. The van der Waals surface area contributed by atoms with Crippen molar-refractivity contribution in [1.29, 1.82) is 0 Å². The Balaban J connectivity index is 1.11. The molecule has 1 aliphatic heterocycles. The van der Waals surface area contributed by atoms with Crippen LogP contribution in [0.15, 0.2) is 149 Å². The van der Waals surface area contributed by atoms with E-state index < -0.39 is 0 Å². The molecule has 0 bridgehead atoms. The predicted octanol–water partition coefficient (Wildman–Crippen LogP) is 16.0. The molecule has 2 aromatic rings. The van der Waals surface area contributed by atoms with Gasteiger partial charge in [-0.15, -0.1) is 0 Å². The fourth-order valence-electron chi connectivity index (χ4n) is 14.5. The summed E-state index contributed by atoms with van der Waals surface area (Å²) < 4.78 is 0. The van der Waals surface area contributed by atoms with Crippen LogP contribution in [0.25, 0.3) is 5.57 Å². The Morgan fingerprint density at radius 1 is 0.750 bits per heavy atom. The van der Waals surface area contributed by atoms with Gasteiger partial charge in [0, 0.05) is 47.5 Å². The third-order valence-electron chi connectivity index (χ3n) is 17.6. The molecule has 0 saturated heterocycles. The number of benzene rings is 2. The van der Waals surface area contributed by atoms with E-state index in [0.29, 0.717) is 59.3 Å². The molecule has 1 saturated carbocycles. The smallest absolute Gasteiger partial charge is 0.0545 e. The highest BCUT2D eigenvalue weighted by atomic mass is 15.2. The van der Waals surface area contributed by atoms with E-state index in [1.54, 1.807) is 33.8 Å². The summed E-state index contributed by atoms with van der Waals surface area (Å²) in [4.78, 5) is 5.83. The molecule has 0 radical (unpaired) electrons. The van der Waals surface area contributed by atoms with Crippen molar-refractivity contribution < 1.29 is 0 Å². The minimum Gasteiger partial charge on any atom is -0.337 e. The van der Waals surface area contributed by atoms with Crippen molar-refractivity contribution >= 4 is 16.9 Å². The van der Waals surface area contributed by atoms with Crippen LogP contribution in [-0.4, -0.2) is 6.04 Å². The molecule has 8 atom stereocenters. The Labute approximate surface area is 386 Å². The van der Waals surface area contributed by atoms with Crippen LogP contribution in [0.3, 0.4) is 0 Å². The molecule has 11 rings (SSSR count). The molecule has 64 heavy (non-hydrogen) atoms. The van der Waals surface area contributed by atoms with Gasteiger partial charge in [-0.1, -0.05) is 138 Å². The highest BCUT2D eigenvalue weighted by Crippen LogP contribution is 2.63. The number of allylic oxidation sites excluding steroid dienone is 20. The molecule has 0 amide bonds. The van der Waals surface area contributed by atoms with Gasteiger partial charge in [-0.2, -0.15) is 0 Å². The van der Waals surface area contributed by atoms with Crippen LogP contribution in [0.5, 0.6) is 0 Å². The summed E-state index contributed by atoms with van der Waals surface area (Å²) in [5.41, 5.74) is 24.3. The van der Waals surface area contributed by atoms with Crippen molar-refractivity contribution in [2.45, 2.75) is 132 Å². The van der Waals surface area contributed by atoms with Gasteiger partial charge >= 0.3 is 0 Å². The summed E-state index contributed by atoms with van der Waals surface area (Å²) in [5, 5.41) is 0. The first-order valence-electron chi connectivity index (χ1n) is 25.5. The summed E-state index contributed by atoms with van der Waals surface area (Å²) in [7, 11) is 0. The van der Waals surface area contributed by atoms with Crippen LogP contribution >= 0.6 is 0 Å². The number of hydrogen-bond donors (Lipinski definition) is 0. The van der Waals surface area contributed by atoms with Gasteiger partial charge < -0.3 is 9.80 Å². The summed E-state index contributed by atoms with van der Waals surface area (Å²) in [5.74, 6) is 4.80. The van der Waals surface area contributed by atoms with Gasteiger partial charge in [0.05, 0.1) is 11.7 Å². The van der Waals surface area contributed by atoms with Crippen molar-refractivity contribution in [2.75, 3.05) is 9.80 Å². The molecule has 2 nitrogen and oxygen atoms in total. The lowest BCUT2D eigenvalue weighted by Crippen LogP contribution is -2.51. The fourth-order valence-corrected chi connectivity index (χ4v) is 14.5. The Kier molecular flexibility index (Phi) is 10.8. The van der Waals surface area contributed by atoms with Crippen LogP contribution in [0.4, 0.5) is 11.4 Å². The van der Waals surface area contributed by atoms with Crippen molar-refractivity contribution in [3.63, 3.8) is 0 Å². The fraction of sp³-hybridized carbons (Fsp3) is 0.452. The van der Waals surface area contributed by atoms with E-state index >= 15 is 0 Å². The number of anilines is 2. The molecule has 330 valence electrons. The largest absolute Gasteiger partial charge is 0.337 e. The van der Waals surface area contributed by atoms with E-state index in [9.17, 15) is 0 Å². The number of fused-ring (bicyclic) bond motifs is 1. The zero-order valence-corrected chi connectivity index (χ0v) is 40.1. The van der Waals surface area contributed by atoms with Crippen molar-refractivity contribution in [1.82, 2.24) is 0 Å². The molecular formula is C62H72N2. The van der Waals surface area contributed by atoms with Gasteiger partial charge in [-0.25, -0.2) is 0 Å². The first-order chi connectivity index (χ1) is 31.1. The van der Waals surface area contributed by atoms with E-state index in [0.717, 1.165) is 38.5 Å². The molecule has 1 heterocycles. The maximum absolute atomic E-state index is 2.94. The highest BCUT2D eigenvalue weighted by molar-refractivity contribution is 5.82. The second kappa shape index (κ2) is 16.6. The first kappa shape index (κ1) is 41.9. The lowest BCUT2D eigenvalue weighted by molar-refractivity contribution is 0.0721. The van der Waals surface area contributed by atoms with Gasteiger partial charge in [0.2, 0.25) is 0 Å². The SMILES string of the molecule is Cc1ccc(C2=CCCC=C2)c(C)c1N(C1=CC(C(C)C)=C2C=CC3=C(N4C5=C(C=CC5)Cc5ccc(C6C=CC=CC6)c(C)c54)CC(C(C)C)C4CCC1C2C34)C1C=CCCC1C. The summed E-state index contributed by atoms with van der Waals surface area (Å²) >= 11 is 0. The Morgan fingerprint density at radius 3 is 2.38 bits per heavy atom. The van der Waals surface area contributed by atoms with Crippen molar-refractivity contribution in [3.8, 4) is 0 Å². The van der Waals surface area contributed by atoms with Crippen molar-refractivity contribution in [3.05, 3.63) is 182 Å². The summed E-state index contributed by atoms with van der Waals surface area (Å²) in [6, 6.07) is 10.1. The first-order valence-corrected chi connectivity index (χ1v) is 25.5. The number of nitrogens with zero attached hydrogens (tertiary/aromatic N) is 2. The van der Waals surface area contributed by atoms with Gasteiger partial charge in [0.15, 0.2) is 0 Å². The molecule has 1 fully saturated rings. The lowest BCUT2D eigenvalue weighted by atomic mass is 9.50. The minimum absolute atomic E-state index is 0.326. The topological polar surface area (TPSA) is 6.48 Å². The number of rotatable bonds is 8. The quantitative estimate of drug-likeness (QED) is 0.244. The van der Waals surface area contributed by atoms with Gasteiger partial charge in [-0.3, -0.25) is 0 Å². The summed E-state index contributed by atoms with van der Waals surface area (Å²) in [6.45, 7) is 19.8. The Hall–Kier alpha value is -4.82. The van der Waals surface area contributed by atoms with Crippen LogP contribution in [0.2, 0.25) is 0 Å². The molecule has 0 spiro atoms. The normalized spacial score (nSPS) is 30.1. The van der Waals surface area contributed by atoms with Gasteiger partial charge in [-0.05, 0) is 181 Å². The molecule has 2 heteroatoms. The number of hydrogen-bond acceptors (Lipinski definition) is 2. The van der Waals surface area contributed by atoms with E-state index in [-0.39, 0.29) is 0 Å². The summed E-state index contributed by atoms with van der Waals surface area (Å²) in [6.07, 6.45) is 46.1. The van der Waals surface area contributed by atoms with E-state index in [4.69, 9.17) is 0 Å². The minimum atomic E-state index is 0.326. The molecule has 0 aromatic heterocycles. The zero-order chi connectivity index (χ0) is 44.0. The standard InChI is InChI=1S/C62H72N2/c1-37(2)53-35-57(63(55-24-16-15-18-39(55)5)61-40(6)26-28-47(41(61)7)43-19-11-9-12-20-43)51-32-30-50-54(38(3)4)36-58(52-33-31-49(53)59(51)60(50)52)64-56-25-17-23-45(56)34-46-27-29-48(42(8)62(46)64)44-21-13-10-14-22-44/h10-11,13-14,16-17,19-21,23-24,26-29,31,33,35,37-39,44,50-51,54-55,59-60H,9,12,15,18,22,25,30,32,34,36H2,1-8H3. The highest BCUT2D eigenvalue weighted by Gasteiger charge is 2.54. The molecule has 8 aliphatic carbocycles. The molecule has 0 N–H and O–H groups in total. The molecule has 8 unspecified atom stereocenters. The molecule has 9 aliphatic rings. The second-order valence-corrected chi connectivity index (χ2v) is 21.8. The van der Waals surface area contributed by atoms with Crippen LogP contribution in [0.1, 0.15) is 132 Å². The van der Waals surface area contributed by atoms with Gasteiger partial charge in [0.25, 0.3) is 0 Å². The van der Waals surface area contributed by atoms with Crippen LogP contribution < -0.4 is 9.80 Å². The average molecular weight is 845 g/mol. The Morgan fingerprint density at radius 2 is 1.61 bits per heavy atom. The van der Waals surface area contributed by atoms with Crippen LogP contribution in [0, 0.1) is 68.1 Å². The van der Waals surface area contributed by atoms with Crippen molar-refractivity contribution in [2.24, 2.45) is 47.3 Å². The van der Waals surface area contributed by atoms with Crippen LogP contribution in [-0.2, 0) is 6.42 Å². The molecular weight excluding hydrogens is 773 g/mol. The Bertz CT molecular complexity index is 2620. The lowest BCUT2D eigenvalue weighted by Gasteiger charge is -2.57. The third-order valence-corrected chi connectivity index (χ3v) is 17.6. The van der Waals surface area contributed by atoms with E-state index in [2.05, 4.69) is 175 Å². The monoisotopic (exact) mass is 845 g/mol. The second-order valence-electron chi connectivity index (χ2n) is 21.8.